The minimum atomic E-state index is 0.212. The highest BCUT2D eigenvalue weighted by atomic mass is 16.5. The standard InChI is InChI=1S/C23H28N4O/c1-28-22-10-6-19(7-11-22)20-16-24-23(25-17-20)26-21-8-4-18(5-9-21)12-15-27-13-2-3-14-27/h4-11,16,20H,2-3,12-15,17H2,1H3,(H,25,26). The highest BCUT2D eigenvalue weighted by Crippen LogP contribution is 2.21. The van der Waals surface area contributed by atoms with Gasteiger partial charge >= 0.3 is 0 Å². The molecule has 5 nitrogen and oxygen atoms in total. The fourth-order valence-electron chi connectivity index (χ4n) is 3.73. The maximum Gasteiger partial charge on any atom is 0.222 e. The minimum absolute atomic E-state index is 0.212. The number of hydrogen-bond donors (Lipinski definition) is 1. The van der Waals surface area contributed by atoms with Gasteiger partial charge in [-0.15, -0.1) is 0 Å². The number of nitrogens with one attached hydrogen (secondary N) is 1. The monoisotopic (exact) mass is 376 g/mol. The van der Waals surface area contributed by atoms with Crippen LogP contribution in [0, 0.1) is 0 Å². The number of benzene rings is 2. The minimum Gasteiger partial charge on any atom is -0.497 e. The highest BCUT2D eigenvalue weighted by Gasteiger charge is 2.14. The van der Waals surface area contributed by atoms with E-state index in [1.54, 1.807) is 7.11 Å². The van der Waals surface area contributed by atoms with E-state index in [0.29, 0.717) is 12.5 Å². The van der Waals surface area contributed by atoms with E-state index < -0.39 is 0 Å². The van der Waals surface area contributed by atoms with Crippen LogP contribution in [0.15, 0.2) is 58.5 Å². The number of nitrogens with zero attached hydrogens (tertiary/aromatic N) is 3. The molecule has 2 aromatic rings. The summed E-state index contributed by atoms with van der Waals surface area (Å²) in [4.78, 5) is 11.7. The van der Waals surface area contributed by atoms with Crippen LogP contribution in [0.3, 0.4) is 0 Å². The van der Waals surface area contributed by atoms with Crippen LogP contribution in [0.25, 0.3) is 0 Å². The molecule has 4 rings (SSSR count). The lowest BCUT2D eigenvalue weighted by Gasteiger charge is -2.17. The summed E-state index contributed by atoms with van der Waals surface area (Å²) in [6, 6.07) is 16.7. The van der Waals surface area contributed by atoms with Gasteiger partial charge in [0.2, 0.25) is 5.96 Å². The first-order valence-corrected chi connectivity index (χ1v) is 10.1. The van der Waals surface area contributed by atoms with Gasteiger partial charge in [-0.1, -0.05) is 24.3 Å². The Morgan fingerprint density at radius 2 is 1.79 bits per heavy atom. The number of aliphatic imine (C=N–C) groups is 2. The summed E-state index contributed by atoms with van der Waals surface area (Å²) in [5.74, 6) is 1.75. The van der Waals surface area contributed by atoms with Gasteiger partial charge in [0.15, 0.2) is 0 Å². The van der Waals surface area contributed by atoms with E-state index in [4.69, 9.17) is 4.74 Å². The fraction of sp³-hybridized carbons (Fsp3) is 0.391. The Morgan fingerprint density at radius 1 is 1.04 bits per heavy atom. The first kappa shape index (κ1) is 18.7. The Hall–Kier alpha value is -2.66. The number of anilines is 1. The third-order valence-corrected chi connectivity index (χ3v) is 5.48. The first-order valence-electron chi connectivity index (χ1n) is 10.1. The average Bonchev–Trinajstić information content (AvgIpc) is 3.28. The predicted molar refractivity (Wildman–Crippen MR) is 116 cm³/mol. The van der Waals surface area contributed by atoms with Gasteiger partial charge in [-0.05, 0) is 67.7 Å². The van der Waals surface area contributed by atoms with E-state index >= 15 is 0 Å². The molecule has 2 aromatic carbocycles. The van der Waals surface area contributed by atoms with Crippen molar-refractivity contribution in [2.24, 2.45) is 9.98 Å². The van der Waals surface area contributed by atoms with Crippen molar-refractivity contribution in [3.05, 3.63) is 59.7 Å². The highest BCUT2D eigenvalue weighted by molar-refractivity contribution is 6.00. The van der Waals surface area contributed by atoms with Gasteiger partial charge in [0.1, 0.15) is 5.75 Å². The molecule has 1 fully saturated rings. The van der Waals surface area contributed by atoms with Crippen molar-refractivity contribution in [3.63, 3.8) is 0 Å². The van der Waals surface area contributed by atoms with Crippen molar-refractivity contribution >= 4 is 17.9 Å². The van der Waals surface area contributed by atoms with E-state index in [2.05, 4.69) is 56.6 Å². The van der Waals surface area contributed by atoms with Crippen LogP contribution in [-0.2, 0) is 6.42 Å². The Kier molecular flexibility index (Phi) is 6.02. The largest absolute Gasteiger partial charge is 0.497 e. The number of guanidine groups is 1. The second-order valence-electron chi connectivity index (χ2n) is 7.44. The van der Waals surface area contributed by atoms with E-state index in [0.717, 1.165) is 24.4 Å². The second-order valence-corrected chi connectivity index (χ2v) is 7.44. The molecule has 0 aromatic heterocycles. The molecule has 0 spiro atoms. The molecule has 1 N–H and O–H groups in total. The maximum atomic E-state index is 5.22. The predicted octanol–water partition coefficient (Wildman–Crippen LogP) is 3.97. The lowest BCUT2D eigenvalue weighted by atomic mass is 10.00. The van der Waals surface area contributed by atoms with Crippen molar-refractivity contribution < 1.29 is 4.74 Å². The lowest BCUT2D eigenvalue weighted by Crippen LogP contribution is -2.22. The summed E-state index contributed by atoms with van der Waals surface area (Å²) < 4.78 is 5.22. The molecule has 0 saturated carbocycles. The molecular formula is C23H28N4O. The molecule has 1 atom stereocenters. The SMILES string of the molecule is COc1ccc(C2C=NC(Nc3ccc(CCN4CCCC4)cc3)=NC2)cc1. The van der Waals surface area contributed by atoms with Crippen molar-refractivity contribution in [1.82, 2.24) is 4.90 Å². The molecule has 28 heavy (non-hydrogen) atoms. The van der Waals surface area contributed by atoms with Crippen LogP contribution in [0.5, 0.6) is 5.75 Å². The van der Waals surface area contributed by atoms with Gasteiger partial charge in [-0.25, -0.2) is 4.99 Å². The summed E-state index contributed by atoms with van der Waals surface area (Å²) in [5, 5.41) is 3.32. The molecule has 2 heterocycles. The lowest BCUT2D eigenvalue weighted by molar-refractivity contribution is 0.343. The Labute approximate surface area is 167 Å². The van der Waals surface area contributed by atoms with Gasteiger partial charge in [0.05, 0.1) is 13.7 Å². The van der Waals surface area contributed by atoms with Gasteiger partial charge in [0.25, 0.3) is 0 Å². The van der Waals surface area contributed by atoms with Gasteiger partial charge in [-0.2, -0.15) is 0 Å². The molecule has 1 unspecified atom stereocenters. The van der Waals surface area contributed by atoms with Crippen LogP contribution in [0.4, 0.5) is 5.69 Å². The molecule has 2 aliphatic heterocycles. The van der Waals surface area contributed by atoms with E-state index in [1.807, 2.05) is 18.3 Å². The van der Waals surface area contributed by atoms with E-state index in [1.165, 1.54) is 37.1 Å². The molecule has 0 aliphatic carbocycles. The Bertz CT molecular complexity index is 821. The number of ether oxygens (including phenoxy) is 1. The topological polar surface area (TPSA) is 49.2 Å². The zero-order valence-electron chi connectivity index (χ0n) is 16.5. The van der Waals surface area contributed by atoms with Crippen molar-refractivity contribution in [2.45, 2.75) is 25.2 Å². The molecule has 2 aliphatic rings. The van der Waals surface area contributed by atoms with Crippen molar-refractivity contribution in [2.75, 3.05) is 38.6 Å². The van der Waals surface area contributed by atoms with Crippen LogP contribution >= 0.6 is 0 Å². The van der Waals surface area contributed by atoms with Crippen LogP contribution < -0.4 is 10.1 Å². The van der Waals surface area contributed by atoms with Crippen molar-refractivity contribution in [1.29, 1.82) is 0 Å². The summed E-state index contributed by atoms with van der Waals surface area (Å²) in [7, 11) is 1.68. The summed E-state index contributed by atoms with van der Waals surface area (Å²) in [6.45, 7) is 4.38. The van der Waals surface area contributed by atoms with E-state index in [9.17, 15) is 0 Å². The fourth-order valence-corrected chi connectivity index (χ4v) is 3.73. The smallest absolute Gasteiger partial charge is 0.222 e. The molecule has 0 amide bonds. The normalized spacial score (nSPS) is 19.5. The van der Waals surface area contributed by atoms with Crippen LogP contribution in [-0.4, -0.2) is 50.4 Å². The second kappa shape index (κ2) is 9.02. The number of methoxy groups -OCH3 is 1. The third kappa shape index (κ3) is 4.78. The molecule has 0 radical (unpaired) electrons. The van der Waals surface area contributed by atoms with Crippen LogP contribution in [0.2, 0.25) is 0 Å². The summed E-state index contributed by atoms with van der Waals surface area (Å²) >= 11 is 0. The van der Waals surface area contributed by atoms with Gasteiger partial charge in [0, 0.05) is 24.4 Å². The summed E-state index contributed by atoms with van der Waals surface area (Å²) in [5.41, 5.74) is 3.62. The number of likely N-dealkylation sites (tertiary alicyclic amines) is 1. The zero-order valence-corrected chi connectivity index (χ0v) is 16.5. The number of rotatable bonds is 6. The molecule has 5 heteroatoms. The Morgan fingerprint density at radius 3 is 2.43 bits per heavy atom. The quantitative estimate of drug-likeness (QED) is 0.830. The van der Waals surface area contributed by atoms with Crippen molar-refractivity contribution in [3.8, 4) is 5.75 Å². The maximum absolute atomic E-state index is 5.22. The van der Waals surface area contributed by atoms with Crippen LogP contribution in [0.1, 0.15) is 29.9 Å². The van der Waals surface area contributed by atoms with E-state index in [-0.39, 0.29) is 5.92 Å². The number of hydrogen-bond acceptors (Lipinski definition) is 5. The Balaban J connectivity index is 1.28. The zero-order chi connectivity index (χ0) is 19.2. The average molecular weight is 377 g/mol. The van der Waals surface area contributed by atoms with Gasteiger partial charge < -0.3 is 15.0 Å². The summed E-state index contributed by atoms with van der Waals surface area (Å²) in [6.07, 6.45) is 5.79. The molecule has 146 valence electrons. The third-order valence-electron chi connectivity index (χ3n) is 5.48. The molecule has 1 saturated heterocycles. The molecule has 0 bridgehead atoms. The molecular weight excluding hydrogens is 348 g/mol. The first-order chi connectivity index (χ1) is 13.8. The van der Waals surface area contributed by atoms with Gasteiger partial charge in [-0.3, -0.25) is 4.99 Å².